The van der Waals surface area contributed by atoms with Crippen molar-refractivity contribution in [3.8, 4) is 0 Å². The van der Waals surface area contributed by atoms with E-state index in [2.05, 4.69) is 9.98 Å². The highest BCUT2D eigenvalue weighted by atomic mass is 16.5. The van der Waals surface area contributed by atoms with E-state index in [4.69, 9.17) is 9.72 Å². The van der Waals surface area contributed by atoms with Crippen LogP contribution in [0, 0.1) is 0 Å². The van der Waals surface area contributed by atoms with Crippen molar-refractivity contribution in [2.45, 2.75) is 25.5 Å². The molecule has 0 radical (unpaired) electrons. The highest BCUT2D eigenvalue weighted by molar-refractivity contribution is 6.13. The van der Waals surface area contributed by atoms with Gasteiger partial charge in [-0.15, -0.1) is 0 Å². The molecule has 2 aromatic heterocycles. The zero-order chi connectivity index (χ0) is 15.8. The number of aliphatic hydroxyl groups is 1. The molecule has 23 heavy (non-hydrogen) atoms. The van der Waals surface area contributed by atoms with E-state index in [0.29, 0.717) is 13.0 Å². The van der Waals surface area contributed by atoms with Gasteiger partial charge in [-0.05, 0) is 23.8 Å². The number of hydrogen-bond donors (Lipinski definition) is 1. The molecule has 116 valence electrons. The lowest BCUT2D eigenvalue weighted by atomic mass is 9.97. The zero-order valence-corrected chi connectivity index (χ0v) is 12.4. The molecular formula is C17H15N3O3. The van der Waals surface area contributed by atoms with E-state index >= 15 is 0 Å². The lowest BCUT2D eigenvalue weighted by Gasteiger charge is -2.25. The van der Waals surface area contributed by atoms with Crippen LogP contribution in [-0.2, 0) is 22.5 Å². The number of carbonyl (C=O) groups excluding carboxylic acids is 1. The first kappa shape index (κ1) is 14.0. The number of aliphatic hydroxyl groups excluding tert-OH is 1. The summed E-state index contributed by atoms with van der Waals surface area (Å²) in [4.78, 5) is 25.1. The Hall–Kier alpha value is -2.60. The van der Waals surface area contributed by atoms with Gasteiger partial charge in [0.1, 0.15) is 6.10 Å². The first-order valence-corrected chi connectivity index (χ1v) is 7.54. The summed E-state index contributed by atoms with van der Waals surface area (Å²) in [6, 6.07) is 5.81. The summed E-state index contributed by atoms with van der Waals surface area (Å²) >= 11 is 0. The molecule has 0 saturated carbocycles. The van der Waals surface area contributed by atoms with Gasteiger partial charge in [0.15, 0.2) is 0 Å². The largest absolute Gasteiger partial charge is 0.455 e. The van der Waals surface area contributed by atoms with Crippen LogP contribution in [0.25, 0.3) is 0 Å². The van der Waals surface area contributed by atoms with E-state index < -0.39 is 6.10 Å². The molecule has 0 spiro atoms. The van der Waals surface area contributed by atoms with Gasteiger partial charge in [0, 0.05) is 36.5 Å². The monoisotopic (exact) mass is 309 g/mol. The number of ether oxygens (including phenoxy) is 1. The quantitative estimate of drug-likeness (QED) is 0.865. The van der Waals surface area contributed by atoms with Crippen LogP contribution in [0.1, 0.15) is 40.6 Å². The summed E-state index contributed by atoms with van der Waals surface area (Å²) in [5, 5.41) is 9.20. The summed E-state index contributed by atoms with van der Waals surface area (Å²) in [6.45, 7) is 0.508. The Morgan fingerprint density at radius 2 is 2.09 bits per heavy atom. The second-order valence-corrected chi connectivity index (χ2v) is 5.61. The van der Waals surface area contributed by atoms with E-state index in [-0.39, 0.29) is 19.0 Å². The third kappa shape index (κ3) is 2.41. The highest BCUT2D eigenvalue weighted by Gasteiger charge is 2.31. The van der Waals surface area contributed by atoms with Crippen LogP contribution in [0.5, 0.6) is 0 Å². The fourth-order valence-electron chi connectivity index (χ4n) is 3.06. The van der Waals surface area contributed by atoms with Crippen LogP contribution in [-0.4, -0.2) is 33.4 Å². The molecule has 4 rings (SSSR count). The molecule has 0 aromatic carbocycles. The van der Waals surface area contributed by atoms with Crippen LogP contribution in [0.2, 0.25) is 0 Å². The molecule has 2 aromatic rings. The molecule has 0 aliphatic carbocycles. The Bertz CT molecular complexity index is 802. The molecule has 4 heterocycles. The molecule has 6 heteroatoms. The molecule has 1 N–H and O–H groups in total. The summed E-state index contributed by atoms with van der Waals surface area (Å²) in [5.41, 5.74) is 5.28. The average Bonchev–Trinajstić information content (AvgIpc) is 2.97. The first-order chi connectivity index (χ1) is 11.3. The van der Waals surface area contributed by atoms with E-state index in [1.54, 1.807) is 12.4 Å². The summed E-state index contributed by atoms with van der Waals surface area (Å²) in [5.74, 6) is -0.272. The number of fused-ring (bicyclic) bond motifs is 2. The Morgan fingerprint density at radius 3 is 2.87 bits per heavy atom. The minimum Gasteiger partial charge on any atom is -0.455 e. The van der Waals surface area contributed by atoms with E-state index in [0.717, 1.165) is 33.8 Å². The number of carbonyl (C=O) groups is 1. The third-order valence-corrected chi connectivity index (χ3v) is 4.10. The van der Waals surface area contributed by atoms with Crippen molar-refractivity contribution in [1.29, 1.82) is 0 Å². The average molecular weight is 309 g/mol. The number of aromatic nitrogens is 2. The number of cyclic esters (lactones) is 1. The highest BCUT2D eigenvalue weighted by Crippen LogP contribution is 2.32. The number of rotatable bonds is 3. The smallest absolute Gasteiger partial charge is 0.310 e. The first-order valence-electron chi connectivity index (χ1n) is 7.54. The second-order valence-electron chi connectivity index (χ2n) is 5.61. The minimum atomic E-state index is -0.485. The molecule has 0 saturated heterocycles. The predicted molar refractivity (Wildman–Crippen MR) is 82.1 cm³/mol. The van der Waals surface area contributed by atoms with Gasteiger partial charge in [0.2, 0.25) is 0 Å². The Morgan fingerprint density at radius 1 is 1.26 bits per heavy atom. The Balaban J connectivity index is 1.79. The molecule has 2 aliphatic rings. The van der Waals surface area contributed by atoms with E-state index in [1.165, 1.54) is 0 Å². The molecule has 6 nitrogen and oxygen atoms in total. The Labute approximate surface area is 132 Å². The van der Waals surface area contributed by atoms with Crippen LogP contribution in [0.3, 0.4) is 0 Å². The topological polar surface area (TPSA) is 84.7 Å². The standard InChI is InChI=1S/C17H15N3O3/c21-6-3-13-15-11(8-14(22)23-13)7-12-9-19-16(17(12)20-15)10-1-4-18-5-2-10/h1-2,4-5,7,13,21H,3,6,8-9H2. The van der Waals surface area contributed by atoms with Crippen molar-refractivity contribution in [2.75, 3.05) is 6.61 Å². The SMILES string of the molecule is O=C1Cc2cc3c(nc2C(CCO)O1)C(c1ccncc1)=NC3. The zero-order valence-electron chi connectivity index (χ0n) is 12.4. The molecule has 0 bridgehead atoms. The second kappa shape index (κ2) is 5.55. The van der Waals surface area contributed by atoms with Crippen LogP contribution in [0.15, 0.2) is 35.6 Å². The molecule has 1 unspecified atom stereocenters. The fourth-order valence-corrected chi connectivity index (χ4v) is 3.06. The molecule has 2 aliphatic heterocycles. The summed E-state index contributed by atoms with van der Waals surface area (Å²) < 4.78 is 5.34. The van der Waals surface area contributed by atoms with Gasteiger partial charge in [-0.3, -0.25) is 14.8 Å². The summed E-state index contributed by atoms with van der Waals surface area (Å²) in [7, 11) is 0. The van der Waals surface area contributed by atoms with Crippen molar-refractivity contribution >= 4 is 11.7 Å². The lowest BCUT2D eigenvalue weighted by molar-refractivity contribution is -0.151. The number of aliphatic imine (C=N–C) groups is 1. The predicted octanol–water partition coefficient (Wildman–Crippen LogP) is 1.35. The minimum absolute atomic E-state index is 0.0541. The van der Waals surface area contributed by atoms with Crippen molar-refractivity contribution < 1.29 is 14.6 Å². The maximum Gasteiger partial charge on any atom is 0.310 e. The normalized spacial score (nSPS) is 18.9. The van der Waals surface area contributed by atoms with Crippen molar-refractivity contribution in [2.24, 2.45) is 4.99 Å². The van der Waals surface area contributed by atoms with Gasteiger partial charge in [-0.1, -0.05) is 0 Å². The van der Waals surface area contributed by atoms with Crippen LogP contribution >= 0.6 is 0 Å². The molecule has 0 fully saturated rings. The summed E-state index contributed by atoms with van der Waals surface area (Å²) in [6.07, 6.45) is 3.55. The van der Waals surface area contributed by atoms with Gasteiger partial charge >= 0.3 is 5.97 Å². The van der Waals surface area contributed by atoms with Gasteiger partial charge in [0.05, 0.1) is 30.1 Å². The van der Waals surface area contributed by atoms with E-state index in [9.17, 15) is 9.90 Å². The maximum absolute atomic E-state index is 11.7. The Kier molecular flexibility index (Phi) is 3.38. The molecule has 1 atom stereocenters. The third-order valence-electron chi connectivity index (χ3n) is 4.10. The van der Waals surface area contributed by atoms with Gasteiger partial charge < -0.3 is 9.84 Å². The van der Waals surface area contributed by atoms with Gasteiger partial charge in [0.25, 0.3) is 0 Å². The van der Waals surface area contributed by atoms with Crippen LogP contribution < -0.4 is 0 Å². The number of nitrogens with zero attached hydrogens (tertiary/aromatic N) is 3. The van der Waals surface area contributed by atoms with E-state index in [1.807, 2.05) is 18.2 Å². The molecular weight excluding hydrogens is 294 g/mol. The van der Waals surface area contributed by atoms with Gasteiger partial charge in [-0.2, -0.15) is 0 Å². The maximum atomic E-state index is 11.7. The number of hydrogen-bond acceptors (Lipinski definition) is 6. The van der Waals surface area contributed by atoms with Crippen molar-refractivity contribution in [1.82, 2.24) is 9.97 Å². The van der Waals surface area contributed by atoms with Crippen molar-refractivity contribution in [3.05, 3.63) is 58.7 Å². The number of pyridine rings is 2. The molecule has 0 amide bonds. The fraction of sp³-hybridized carbons (Fsp3) is 0.294. The lowest BCUT2D eigenvalue weighted by Crippen LogP contribution is -2.25. The number of esters is 1. The van der Waals surface area contributed by atoms with Gasteiger partial charge in [-0.25, -0.2) is 4.98 Å². The van der Waals surface area contributed by atoms with Crippen molar-refractivity contribution in [3.63, 3.8) is 0 Å². The van der Waals surface area contributed by atoms with Crippen LogP contribution in [0.4, 0.5) is 0 Å².